The number of nitrogens with one attached hydrogen (secondary N) is 1. The van der Waals surface area contributed by atoms with Crippen LogP contribution in [0.4, 0.5) is 0 Å². The molecule has 0 unspecified atom stereocenters. The summed E-state index contributed by atoms with van der Waals surface area (Å²) in [6.07, 6.45) is 0. The molecule has 1 aliphatic heterocycles. The minimum Gasteiger partial charge on any atom is -0.508 e. The highest BCUT2D eigenvalue weighted by Gasteiger charge is 2.27. The van der Waals surface area contributed by atoms with Gasteiger partial charge < -0.3 is 16.2 Å². The number of rotatable bonds is 2. The van der Waals surface area contributed by atoms with E-state index in [4.69, 9.17) is 5.73 Å². The number of fused-ring (bicyclic) bond motifs is 1. The van der Waals surface area contributed by atoms with Crippen molar-refractivity contribution in [3.8, 4) is 16.9 Å². The number of nitrogens with two attached hydrogens (primary N) is 1. The van der Waals surface area contributed by atoms with Gasteiger partial charge in [-0.25, -0.2) is 0 Å². The van der Waals surface area contributed by atoms with Crippen molar-refractivity contribution in [2.75, 3.05) is 0 Å². The molecule has 5 heteroatoms. The SMILES string of the molecule is NC(=O)c1ccc(-c2ccc(O)cc2)c2c1C(=O)NC2. The van der Waals surface area contributed by atoms with E-state index in [1.807, 2.05) is 0 Å². The molecule has 0 saturated carbocycles. The van der Waals surface area contributed by atoms with Crippen LogP contribution in [0.25, 0.3) is 11.1 Å². The van der Waals surface area contributed by atoms with E-state index in [-0.39, 0.29) is 17.2 Å². The number of primary amides is 1. The Kier molecular flexibility index (Phi) is 2.68. The van der Waals surface area contributed by atoms with Gasteiger partial charge in [-0.2, -0.15) is 0 Å². The third-order valence-corrected chi connectivity index (χ3v) is 3.41. The van der Waals surface area contributed by atoms with Gasteiger partial charge >= 0.3 is 0 Å². The second-order valence-electron chi connectivity index (χ2n) is 4.61. The van der Waals surface area contributed by atoms with Gasteiger partial charge in [0.05, 0.1) is 11.1 Å². The molecule has 20 heavy (non-hydrogen) atoms. The van der Waals surface area contributed by atoms with Crippen molar-refractivity contribution < 1.29 is 14.7 Å². The second kappa shape index (κ2) is 4.38. The Morgan fingerprint density at radius 3 is 2.50 bits per heavy atom. The summed E-state index contributed by atoms with van der Waals surface area (Å²) >= 11 is 0. The number of benzene rings is 2. The smallest absolute Gasteiger partial charge is 0.252 e. The fourth-order valence-electron chi connectivity index (χ4n) is 2.46. The van der Waals surface area contributed by atoms with Gasteiger partial charge in [-0.1, -0.05) is 18.2 Å². The fourth-order valence-corrected chi connectivity index (χ4v) is 2.46. The van der Waals surface area contributed by atoms with Gasteiger partial charge in [0, 0.05) is 6.54 Å². The van der Waals surface area contributed by atoms with Gasteiger partial charge in [-0.15, -0.1) is 0 Å². The van der Waals surface area contributed by atoms with Crippen LogP contribution in [0.5, 0.6) is 5.75 Å². The fraction of sp³-hybridized carbons (Fsp3) is 0.0667. The third kappa shape index (κ3) is 1.80. The highest BCUT2D eigenvalue weighted by atomic mass is 16.3. The first-order chi connectivity index (χ1) is 9.58. The predicted molar refractivity (Wildman–Crippen MR) is 73.2 cm³/mol. The lowest BCUT2D eigenvalue weighted by Crippen LogP contribution is -2.19. The number of amides is 2. The van der Waals surface area contributed by atoms with Crippen LogP contribution in [0.3, 0.4) is 0 Å². The minimum absolute atomic E-state index is 0.174. The average molecular weight is 268 g/mol. The molecule has 1 aliphatic rings. The van der Waals surface area contributed by atoms with Crippen molar-refractivity contribution in [1.82, 2.24) is 5.32 Å². The molecule has 3 rings (SSSR count). The van der Waals surface area contributed by atoms with Gasteiger partial charge in [0.15, 0.2) is 0 Å². The summed E-state index contributed by atoms with van der Waals surface area (Å²) in [5, 5.41) is 12.0. The first-order valence-electron chi connectivity index (χ1n) is 6.11. The lowest BCUT2D eigenvalue weighted by molar-refractivity contribution is 0.0947. The predicted octanol–water partition coefficient (Wildman–Crippen LogP) is 1.40. The summed E-state index contributed by atoms with van der Waals surface area (Å²) in [6.45, 7) is 0.367. The summed E-state index contributed by atoms with van der Waals surface area (Å²) in [5.74, 6) is -0.724. The van der Waals surface area contributed by atoms with Crippen LogP contribution in [-0.2, 0) is 6.54 Å². The topological polar surface area (TPSA) is 92.4 Å². The minimum atomic E-state index is -0.615. The average Bonchev–Trinajstić information content (AvgIpc) is 2.81. The molecule has 0 saturated heterocycles. The molecule has 0 aromatic heterocycles. The largest absolute Gasteiger partial charge is 0.508 e. The van der Waals surface area contributed by atoms with Crippen molar-refractivity contribution >= 4 is 11.8 Å². The zero-order valence-corrected chi connectivity index (χ0v) is 10.5. The van der Waals surface area contributed by atoms with Crippen molar-refractivity contribution in [2.45, 2.75) is 6.54 Å². The highest BCUT2D eigenvalue weighted by molar-refractivity contribution is 6.10. The standard InChI is InChI=1S/C15H12N2O3/c16-14(19)11-6-5-10(8-1-3-9(18)4-2-8)12-7-17-15(20)13(11)12/h1-6,18H,7H2,(H2,16,19)(H,17,20). The molecule has 2 aromatic carbocycles. The summed E-state index contributed by atoms with van der Waals surface area (Å²) in [5.41, 5.74) is 8.37. The Hall–Kier alpha value is -2.82. The number of aromatic hydroxyl groups is 1. The van der Waals surface area contributed by atoms with E-state index in [9.17, 15) is 14.7 Å². The Morgan fingerprint density at radius 1 is 1.15 bits per heavy atom. The Bertz CT molecular complexity index is 721. The number of phenols is 1. The van der Waals surface area contributed by atoms with E-state index in [0.29, 0.717) is 12.1 Å². The molecule has 2 aromatic rings. The molecule has 100 valence electrons. The Morgan fingerprint density at radius 2 is 1.85 bits per heavy atom. The third-order valence-electron chi connectivity index (χ3n) is 3.41. The summed E-state index contributed by atoms with van der Waals surface area (Å²) < 4.78 is 0. The lowest BCUT2D eigenvalue weighted by Gasteiger charge is -2.10. The molecule has 1 heterocycles. The molecule has 0 radical (unpaired) electrons. The lowest BCUT2D eigenvalue weighted by atomic mass is 9.93. The van der Waals surface area contributed by atoms with Gasteiger partial charge in [-0.3, -0.25) is 9.59 Å². The van der Waals surface area contributed by atoms with Crippen LogP contribution in [0, 0.1) is 0 Å². The molecule has 0 aliphatic carbocycles. The van der Waals surface area contributed by atoms with Gasteiger partial charge in [-0.05, 0) is 34.9 Å². The van der Waals surface area contributed by atoms with Crippen LogP contribution in [0.2, 0.25) is 0 Å². The molecular formula is C15H12N2O3. The summed E-state index contributed by atoms with van der Waals surface area (Å²) in [4.78, 5) is 23.3. The number of carbonyl (C=O) groups is 2. The van der Waals surface area contributed by atoms with Crippen molar-refractivity contribution in [3.05, 3.63) is 53.1 Å². The summed E-state index contributed by atoms with van der Waals surface area (Å²) in [7, 11) is 0. The normalized spacial score (nSPS) is 12.9. The van der Waals surface area contributed by atoms with Crippen LogP contribution in [0.1, 0.15) is 26.3 Å². The van der Waals surface area contributed by atoms with Gasteiger partial charge in [0.2, 0.25) is 5.91 Å². The monoisotopic (exact) mass is 268 g/mol. The zero-order valence-electron chi connectivity index (χ0n) is 10.5. The molecule has 0 bridgehead atoms. The number of hydrogen-bond acceptors (Lipinski definition) is 3. The summed E-state index contributed by atoms with van der Waals surface area (Å²) in [6, 6.07) is 10.0. The van der Waals surface area contributed by atoms with E-state index in [2.05, 4.69) is 5.32 Å². The van der Waals surface area contributed by atoms with Crippen LogP contribution in [-0.4, -0.2) is 16.9 Å². The zero-order chi connectivity index (χ0) is 14.3. The van der Waals surface area contributed by atoms with E-state index in [1.165, 1.54) is 0 Å². The first kappa shape index (κ1) is 12.2. The Balaban J connectivity index is 2.22. The molecule has 0 spiro atoms. The molecular weight excluding hydrogens is 256 g/mol. The van der Waals surface area contributed by atoms with E-state index < -0.39 is 5.91 Å². The van der Waals surface area contributed by atoms with Crippen LogP contribution in [0.15, 0.2) is 36.4 Å². The van der Waals surface area contributed by atoms with E-state index in [1.54, 1.807) is 36.4 Å². The molecule has 0 atom stereocenters. The first-order valence-corrected chi connectivity index (χ1v) is 6.11. The van der Waals surface area contributed by atoms with Crippen molar-refractivity contribution in [2.24, 2.45) is 5.73 Å². The van der Waals surface area contributed by atoms with Crippen molar-refractivity contribution in [1.29, 1.82) is 0 Å². The van der Waals surface area contributed by atoms with Crippen molar-refractivity contribution in [3.63, 3.8) is 0 Å². The second-order valence-corrected chi connectivity index (χ2v) is 4.61. The van der Waals surface area contributed by atoms with Gasteiger partial charge in [0.1, 0.15) is 5.75 Å². The van der Waals surface area contributed by atoms with Crippen LogP contribution < -0.4 is 11.1 Å². The maximum atomic E-state index is 11.9. The number of hydrogen-bond donors (Lipinski definition) is 3. The maximum absolute atomic E-state index is 11.9. The quantitative estimate of drug-likeness (QED) is 0.768. The number of carbonyl (C=O) groups excluding carboxylic acids is 2. The molecule has 2 amide bonds. The highest BCUT2D eigenvalue weighted by Crippen LogP contribution is 2.32. The van der Waals surface area contributed by atoms with Crippen LogP contribution >= 0.6 is 0 Å². The number of phenolic OH excluding ortho intramolecular Hbond substituents is 1. The molecule has 5 nitrogen and oxygen atoms in total. The maximum Gasteiger partial charge on any atom is 0.252 e. The Labute approximate surface area is 115 Å². The molecule has 0 fully saturated rings. The molecule has 4 N–H and O–H groups in total. The van der Waals surface area contributed by atoms with E-state index in [0.717, 1.165) is 16.7 Å². The van der Waals surface area contributed by atoms with E-state index >= 15 is 0 Å². The van der Waals surface area contributed by atoms with Gasteiger partial charge in [0.25, 0.3) is 5.91 Å².